The van der Waals surface area contributed by atoms with Crippen molar-refractivity contribution in [3.8, 4) is 11.5 Å². The number of benzene rings is 2. The highest BCUT2D eigenvalue weighted by atomic mass is 16.5. The first-order valence-electron chi connectivity index (χ1n) is 8.86. The molecule has 2 aromatic rings. The molecule has 2 N–H and O–H groups in total. The lowest BCUT2D eigenvalue weighted by atomic mass is 10.1. The Morgan fingerprint density at radius 1 is 1.00 bits per heavy atom. The predicted octanol–water partition coefficient (Wildman–Crippen LogP) is 2.87. The van der Waals surface area contributed by atoms with Crippen LogP contribution >= 0.6 is 0 Å². The fourth-order valence-corrected chi connectivity index (χ4v) is 2.66. The maximum Gasteiger partial charge on any atom is 0.251 e. The highest BCUT2D eigenvalue weighted by Gasteiger charge is 2.13. The molecule has 0 bridgehead atoms. The van der Waals surface area contributed by atoms with Gasteiger partial charge in [-0.05, 0) is 42.7 Å². The molecule has 0 aliphatic heterocycles. The normalized spacial score (nSPS) is 11.4. The van der Waals surface area contributed by atoms with E-state index in [9.17, 15) is 9.59 Å². The molecule has 1 unspecified atom stereocenters. The average Bonchev–Trinajstić information content (AvgIpc) is 2.71. The molecule has 2 aromatic carbocycles. The summed E-state index contributed by atoms with van der Waals surface area (Å²) in [6.45, 7) is 3.90. The third-order valence-corrected chi connectivity index (χ3v) is 4.32. The quantitative estimate of drug-likeness (QED) is 0.749. The fourth-order valence-electron chi connectivity index (χ4n) is 2.66. The maximum absolute atomic E-state index is 12.3. The van der Waals surface area contributed by atoms with Gasteiger partial charge >= 0.3 is 0 Å². The third kappa shape index (κ3) is 5.48. The van der Waals surface area contributed by atoms with Crippen LogP contribution in [0.4, 0.5) is 0 Å². The van der Waals surface area contributed by atoms with Gasteiger partial charge in [-0.1, -0.05) is 31.2 Å². The van der Waals surface area contributed by atoms with Gasteiger partial charge < -0.3 is 20.1 Å². The van der Waals surface area contributed by atoms with Crippen LogP contribution in [0.5, 0.6) is 11.5 Å². The Labute approximate surface area is 159 Å². The monoisotopic (exact) mass is 370 g/mol. The molecule has 0 saturated heterocycles. The van der Waals surface area contributed by atoms with Gasteiger partial charge in [0.05, 0.1) is 26.8 Å². The van der Waals surface area contributed by atoms with Crippen LogP contribution in [0, 0.1) is 0 Å². The first-order valence-corrected chi connectivity index (χ1v) is 8.86. The summed E-state index contributed by atoms with van der Waals surface area (Å²) < 4.78 is 10.3. The second-order valence-corrected chi connectivity index (χ2v) is 6.14. The SMILES string of the molecule is CCc1ccc(C(C)NC(=O)CNC(=O)c2ccc(OC)c(OC)c2)cc1. The number of aryl methyl sites for hydroxylation is 1. The van der Waals surface area contributed by atoms with Crippen LogP contribution in [0.2, 0.25) is 0 Å². The van der Waals surface area contributed by atoms with Crippen LogP contribution in [-0.2, 0) is 11.2 Å². The second kappa shape index (κ2) is 9.62. The lowest BCUT2D eigenvalue weighted by Crippen LogP contribution is -2.38. The predicted molar refractivity (Wildman–Crippen MR) is 104 cm³/mol. The smallest absolute Gasteiger partial charge is 0.251 e. The van der Waals surface area contributed by atoms with E-state index in [2.05, 4.69) is 29.7 Å². The first kappa shape index (κ1) is 20.3. The molecule has 2 rings (SSSR count). The van der Waals surface area contributed by atoms with E-state index in [-0.39, 0.29) is 24.4 Å². The van der Waals surface area contributed by atoms with Crippen LogP contribution in [-0.4, -0.2) is 32.6 Å². The van der Waals surface area contributed by atoms with E-state index in [4.69, 9.17) is 9.47 Å². The minimum absolute atomic E-state index is 0.107. The minimum atomic E-state index is -0.356. The minimum Gasteiger partial charge on any atom is -0.493 e. The number of nitrogens with one attached hydrogen (secondary N) is 2. The summed E-state index contributed by atoms with van der Waals surface area (Å²) in [5.41, 5.74) is 2.66. The molecule has 0 aliphatic rings. The van der Waals surface area contributed by atoms with Gasteiger partial charge in [-0.3, -0.25) is 9.59 Å². The summed E-state index contributed by atoms with van der Waals surface area (Å²) in [6, 6.07) is 12.8. The standard InChI is InChI=1S/C21H26N2O4/c1-5-15-6-8-16(9-7-15)14(2)23-20(24)13-22-21(25)17-10-11-18(26-3)19(12-17)27-4/h6-12,14H,5,13H2,1-4H3,(H,22,25)(H,23,24). The third-order valence-electron chi connectivity index (χ3n) is 4.32. The molecule has 144 valence electrons. The van der Waals surface area contributed by atoms with Gasteiger partial charge in [0.1, 0.15) is 0 Å². The van der Waals surface area contributed by atoms with E-state index in [0.29, 0.717) is 17.1 Å². The van der Waals surface area contributed by atoms with Crippen molar-refractivity contribution < 1.29 is 19.1 Å². The zero-order valence-corrected chi connectivity index (χ0v) is 16.2. The number of methoxy groups -OCH3 is 2. The summed E-state index contributed by atoms with van der Waals surface area (Å²) in [5.74, 6) is 0.385. The molecular formula is C21H26N2O4. The zero-order valence-electron chi connectivity index (χ0n) is 16.2. The van der Waals surface area contributed by atoms with Crippen LogP contribution in [0.15, 0.2) is 42.5 Å². The first-order chi connectivity index (χ1) is 13.0. The topological polar surface area (TPSA) is 76.7 Å². The van der Waals surface area contributed by atoms with Crippen LogP contribution in [0.25, 0.3) is 0 Å². The number of ether oxygens (including phenoxy) is 2. The van der Waals surface area contributed by atoms with E-state index in [1.807, 2.05) is 19.1 Å². The van der Waals surface area contributed by atoms with E-state index < -0.39 is 0 Å². The molecule has 6 heteroatoms. The number of carbonyl (C=O) groups is 2. The molecule has 6 nitrogen and oxygen atoms in total. The van der Waals surface area contributed by atoms with Crippen molar-refractivity contribution in [2.45, 2.75) is 26.3 Å². The maximum atomic E-state index is 12.3. The number of amides is 2. The van der Waals surface area contributed by atoms with E-state index in [0.717, 1.165) is 12.0 Å². The number of hydrogen-bond donors (Lipinski definition) is 2. The molecule has 0 radical (unpaired) electrons. The molecule has 27 heavy (non-hydrogen) atoms. The Balaban J connectivity index is 1.89. The Morgan fingerprint density at radius 3 is 2.26 bits per heavy atom. The molecule has 0 saturated carbocycles. The molecule has 1 atom stereocenters. The van der Waals surface area contributed by atoms with E-state index in [1.54, 1.807) is 18.2 Å². The van der Waals surface area contributed by atoms with Gasteiger partial charge in [-0.2, -0.15) is 0 Å². The van der Waals surface area contributed by atoms with E-state index in [1.165, 1.54) is 19.8 Å². The van der Waals surface area contributed by atoms with Crippen molar-refractivity contribution in [3.05, 3.63) is 59.2 Å². The molecule has 2 amide bonds. The Bertz CT molecular complexity index is 787. The van der Waals surface area contributed by atoms with Crippen molar-refractivity contribution in [1.29, 1.82) is 0 Å². The Hall–Kier alpha value is -3.02. The molecule has 0 heterocycles. The van der Waals surface area contributed by atoms with Crippen LogP contribution in [0.1, 0.15) is 41.4 Å². The molecule has 0 fully saturated rings. The number of hydrogen-bond acceptors (Lipinski definition) is 4. The van der Waals surface area contributed by atoms with Crippen molar-refractivity contribution in [3.63, 3.8) is 0 Å². The van der Waals surface area contributed by atoms with Gasteiger partial charge in [0.25, 0.3) is 5.91 Å². The van der Waals surface area contributed by atoms with Gasteiger partial charge in [0, 0.05) is 5.56 Å². The number of rotatable bonds is 8. The summed E-state index contributed by atoms with van der Waals surface area (Å²) in [7, 11) is 3.03. The van der Waals surface area contributed by atoms with E-state index >= 15 is 0 Å². The molecule has 0 aliphatic carbocycles. The lowest BCUT2D eigenvalue weighted by molar-refractivity contribution is -0.120. The van der Waals surface area contributed by atoms with Crippen molar-refractivity contribution in [2.24, 2.45) is 0 Å². The zero-order chi connectivity index (χ0) is 19.8. The van der Waals surface area contributed by atoms with Gasteiger partial charge in [-0.25, -0.2) is 0 Å². The van der Waals surface area contributed by atoms with Crippen LogP contribution in [0.3, 0.4) is 0 Å². The largest absolute Gasteiger partial charge is 0.493 e. The van der Waals surface area contributed by atoms with Crippen LogP contribution < -0.4 is 20.1 Å². The highest BCUT2D eigenvalue weighted by Crippen LogP contribution is 2.27. The van der Waals surface area contributed by atoms with Crippen molar-refractivity contribution in [2.75, 3.05) is 20.8 Å². The summed E-state index contributed by atoms with van der Waals surface area (Å²) in [6.07, 6.45) is 0.975. The summed E-state index contributed by atoms with van der Waals surface area (Å²) >= 11 is 0. The van der Waals surface area contributed by atoms with Crippen molar-refractivity contribution in [1.82, 2.24) is 10.6 Å². The summed E-state index contributed by atoms with van der Waals surface area (Å²) in [4.78, 5) is 24.4. The molecule has 0 aromatic heterocycles. The average molecular weight is 370 g/mol. The Kier molecular flexibility index (Phi) is 7.23. The Morgan fingerprint density at radius 2 is 1.67 bits per heavy atom. The summed E-state index contributed by atoms with van der Waals surface area (Å²) in [5, 5.41) is 5.50. The molecule has 0 spiro atoms. The van der Waals surface area contributed by atoms with Gasteiger partial charge in [-0.15, -0.1) is 0 Å². The second-order valence-electron chi connectivity index (χ2n) is 6.14. The van der Waals surface area contributed by atoms with Crippen molar-refractivity contribution >= 4 is 11.8 Å². The van der Waals surface area contributed by atoms with Gasteiger partial charge in [0.15, 0.2) is 11.5 Å². The fraction of sp³-hybridized carbons (Fsp3) is 0.333. The van der Waals surface area contributed by atoms with Gasteiger partial charge in [0.2, 0.25) is 5.91 Å². The number of carbonyl (C=O) groups excluding carboxylic acids is 2. The highest BCUT2D eigenvalue weighted by molar-refractivity contribution is 5.97. The lowest BCUT2D eigenvalue weighted by Gasteiger charge is -2.15. The molecular weight excluding hydrogens is 344 g/mol.